The van der Waals surface area contributed by atoms with Crippen LogP contribution < -0.4 is 10.2 Å². The Morgan fingerprint density at radius 2 is 1.62 bits per heavy atom. The van der Waals surface area contributed by atoms with E-state index in [1.165, 1.54) is 13.2 Å². The maximum Gasteiger partial charge on any atom is 0.435 e. The van der Waals surface area contributed by atoms with Crippen LogP contribution in [0.1, 0.15) is 5.56 Å². The Bertz CT molecular complexity index is 956. The van der Waals surface area contributed by atoms with Gasteiger partial charge in [-0.05, 0) is 34.1 Å². The van der Waals surface area contributed by atoms with E-state index in [9.17, 15) is 13.2 Å². The van der Waals surface area contributed by atoms with Crippen molar-refractivity contribution >= 4 is 38.1 Å². The minimum Gasteiger partial charge on any atom is -0.496 e. The van der Waals surface area contributed by atoms with Gasteiger partial charge < -0.3 is 4.74 Å². The SMILES string of the molecule is COc1cc(C(=NNc2ccccc2)C(F)(F)F)c(Br)c2ccccc12. The second-order valence-corrected chi connectivity index (χ2v) is 6.21. The zero-order chi connectivity index (χ0) is 18.7. The number of para-hydroxylation sites is 1. The molecule has 3 nitrogen and oxygen atoms in total. The van der Waals surface area contributed by atoms with Gasteiger partial charge in [-0.3, -0.25) is 5.43 Å². The van der Waals surface area contributed by atoms with Crippen LogP contribution in [0.4, 0.5) is 18.9 Å². The van der Waals surface area contributed by atoms with E-state index in [0.717, 1.165) is 0 Å². The highest BCUT2D eigenvalue weighted by atomic mass is 79.9. The number of fused-ring (bicyclic) bond motifs is 1. The number of alkyl halides is 3. The Kier molecular flexibility index (Phi) is 5.18. The molecule has 0 heterocycles. The van der Waals surface area contributed by atoms with Crippen molar-refractivity contribution in [2.45, 2.75) is 6.18 Å². The molecule has 0 aliphatic carbocycles. The molecule has 0 amide bonds. The average Bonchev–Trinajstić information content (AvgIpc) is 2.63. The number of methoxy groups -OCH3 is 1. The molecular formula is C19H14BrF3N2O. The van der Waals surface area contributed by atoms with Crippen molar-refractivity contribution in [1.29, 1.82) is 0 Å². The quantitative estimate of drug-likeness (QED) is 0.413. The number of halogens is 4. The van der Waals surface area contributed by atoms with Gasteiger partial charge in [0.2, 0.25) is 0 Å². The number of hydrogen-bond donors (Lipinski definition) is 1. The van der Waals surface area contributed by atoms with Crippen molar-refractivity contribution in [2.24, 2.45) is 5.10 Å². The third-order valence-electron chi connectivity index (χ3n) is 3.76. The molecule has 26 heavy (non-hydrogen) atoms. The highest BCUT2D eigenvalue weighted by Gasteiger charge is 2.39. The van der Waals surface area contributed by atoms with Crippen molar-refractivity contribution in [3.63, 3.8) is 0 Å². The summed E-state index contributed by atoms with van der Waals surface area (Å²) in [7, 11) is 1.42. The predicted molar refractivity (Wildman–Crippen MR) is 101 cm³/mol. The highest BCUT2D eigenvalue weighted by molar-refractivity contribution is 9.10. The van der Waals surface area contributed by atoms with E-state index in [2.05, 4.69) is 26.5 Å². The molecule has 3 aromatic rings. The number of ether oxygens (including phenoxy) is 1. The Balaban J connectivity index is 2.17. The number of nitrogens with zero attached hydrogens (tertiary/aromatic N) is 1. The fourth-order valence-corrected chi connectivity index (χ4v) is 3.21. The van der Waals surface area contributed by atoms with Crippen LogP contribution in [0.3, 0.4) is 0 Å². The maximum absolute atomic E-state index is 13.7. The molecule has 0 atom stereocenters. The van der Waals surface area contributed by atoms with Crippen LogP contribution in [-0.2, 0) is 0 Å². The van der Waals surface area contributed by atoms with Gasteiger partial charge in [0.05, 0.1) is 12.8 Å². The van der Waals surface area contributed by atoms with Crippen molar-refractivity contribution in [3.8, 4) is 5.75 Å². The lowest BCUT2D eigenvalue weighted by atomic mass is 10.0. The van der Waals surface area contributed by atoms with Gasteiger partial charge in [0.15, 0.2) is 5.71 Å². The fourth-order valence-electron chi connectivity index (χ4n) is 2.56. The van der Waals surface area contributed by atoms with Gasteiger partial charge in [0.1, 0.15) is 5.75 Å². The zero-order valence-corrected chi connectivity index (χ0v) is 15.2. The zero-order valence-electron chi connectivity index (χ0n) is 13.6. The van der Waals surface area contributed by atoms with E-state index in [1.54, 1.807) is 54.6 Å². The first kappa shape index (κ1) is 18.3. The minimum atomic E-state index is -4.65. The largest absolute Gasteiger partial charge is 0.496 e. The van der Waals surface area contributed by atoms with E-state index >= 15 is 0 Å². The second-order valence-electron chi connectivity index (χ2n) is 5.42. The minimum absolute atomic E-state index is 0.100. The lowest BCUT2D eigenvalue weighted by molar-refractivity contribution is -0.0581. The molecule has 0 aliphatic rings. The van der Waals surface area contributed by atoms with Crippen molar-refractivity contribution in [1.82, 2.24) is 0 Å². The van der Waals surface area contributed by atoms with Crippen molar-refractivity contribution < 1.29 is 17.9 Å². The number of nitrogens with one attached hydrogen (secondary N) is 1. The lowest BCUT2D eigenvalue weighted by Gasteiger charge is -2.16. The van der Waals surface area contributed by atoms with Crippen LogP contribution in [0.25, 0.3) is 10.8 Å². The first-order chi connectivity index (χ1) is 12.4. The van der Waals surface area contributed by atoms with E-state index in [0.29, 0.717) is 26.7 Å². The van der Waals surface area contributed by atoms with Crippen LogP contribution in [-0.4, -0.2) is 19.0 Å². The molecule has 0 aliphatic heterocycles. The molecule has 0 saturated carbocycles. The molecule has 0 unspecified atom stereocenters. The van der Waals surface area contributed by atoms with Gasteiger partial charge in [-0.1, -0.05) is 42.5 Å². The maximum atomic E-state index is 13.7. The summed E-state index contributed by atoms with van der Waals surface area (Å²) < 4.78 is 46.7. The second kappa shape index (κ2) is 7.37. The molecule has 0 radical (unpaired) electrons. The number of rotatable bonds is 4. The van der Waals surface area contributed by atoms with Crippen LogP contribution in [0.15, 0.2) is 70.2 Å². The molecule has 1 N–H and O–H groups in total. The smallest absolute Gasteiger partial charge is 0.435 e. The molecule has 0 bridgehead atoms. The van der Waals surface area contributed by atoms with Gasteiger partial charge >= 0.3 is 6.18 Å². The highest BCUT2D eigenvalue weighted by Crippen LogP contribution is 2.38. The predicted octanol–water partition coefficient (Wildman–Crippen LogP) is 5.99. The van der Waals surface area contributed by atoms with E-state index in [4.69, 9.17) is 4.74 Å². The fraction of sp³-hybridized carbons (Fsp3) is 0.105. The number of hydrazone groups is 1. The van der Waals surface area contributed by atoms with Crippen LogP contribution in [0.5, 0.6) is 5.75 Å². The molecule has 0 saturated heterocycles. The van der Waals surface area contributed by atoms with Gasteiger partial charge in [-0.2, -0.15) is 18.3 Å². The molecular weight excluding hydrogens is 409 g/mol. The summed E-state index contributed by atoms with van der Waals surface area (Å²) in [6, 6.07) is 16.9. The summed E-state index contributed by atoms with van der Waals surface area (Å²) in [6.07, 6.45) is -4.65. The Labute approximate surface area is 156 Å². The Morgan fingerprint density at radius 1 is 1.00 bits per heavy atom. The third kappa shape index (κ3) is 3.67. The van der Waals surface area contributed by atoms with Crippen molar-refractivity contribution in [2.75, 3.05) is 12.5 Å². The molecule has 3 rings (SSSR count). The van der Waals surface area contributed by atoms with Crippen molar-refractivity contribution in [3.05, 3.63) is 70.7 Å². The third-order valence-corrected chi connectivity index (χ3v) is 4.61. The lowest BCUT2D eigenvalue weighted by Crippen LogP contribution is -2.26. The summed E-state index contributed by atoms with van der Waals surface area (Å²) in [5.74, 6) is 0.343. The summed E-state index contributed by atoms with van der Waals surface area (Å²) in [5.41, 5.74) is 1.78. The van der Waals surface area contributed by atoms with Gasteiger partial charge in [0.25, 0.3) is 0 Å². The van der Waals surface area contributed by atoms with Gasteiger partial charge in [-0.15, -0.1) is 0 Å². The van der Waals surface area contributed by atoms with E-state index < -0.39 is 11.9 Å². The molecule has 0 aromatic heterocycles. The molecule has 0 spiro atoms. The molecule has 0 fully saturated rings. The van der Waals surface area contributed by atoms with Gasteiger partial charge in [0, 0.05) is 20.8 Å². The molecule has 7 heteroatoms. The molecule has 134 valence electrons. The Hall–Kier alpha value is -2.54. The normalized spacial score (nSPS) is 12.3. The number of anilines is 1. The summed E-state index contributed by atoms with van der Waals surface area (Å²) >= 11 is 3.30. The standard InChI is InChI=1S/C19H14BrF3N2O/c1-26-16-11-15(17(20)14-10-6-5-9-13(14)16)18(19(21,22)23)25-24-12-7-3-2-4-8-12/h2-11,24H,1H3. The summed E-state index contributed by atoms with van der Waals surface area (Å²) in [5, 5.41) is 4.96. The van der Waals surface area contributed by atoms with Crippen LogP contribution in [0, 0.1) is 0 Å². The molecule has 3 aromatic carbocycles. The van der Waals surface area contributed by atoms with Crippen LogP contribution in [0.2, 0.25) is 0 Å². The van der Waals surface area contributed by atoms with Gasteiger partial charge in [-0.25, -0.2) is 0 Å². The monoisotopic (exact) mass is 422 g/mol. The Morgan fingerprint density at radius 3 is 2.23 bits per heavy atom. The van der Waals surface area contributed by atoms with Crippen LogP contribution >= 0.6 is 15.9 Å². The first-order valence-corrected chi connectivity index (χ1v) is 8.42. The van der Waals surface area contributed by atoms with E-state index in [1.807, 2.05) is 0 Å². The van der Waals surface area contributed by atoms with E-state index in [-0.39, 0.29) is 5.56 Å². The number of hydrogen-bond acceptors (Lipinski definition) is 3. The number of benzene rings is 3. The average molecular weight is 423 g/mol. The topological polar surface area (TPSA) is 33.6 Å². The first-order valence-electron chi connectivity index (χ1n) is 7.63. The summed E-state index contributed by atoms with van der Waals surface area (Å²) in [4.78, 5) is 0. The summed E-state index contributed by atoms with van der Waals surface area (Å²) in [6.45, 7) is 0.